The average molecular weight is 396 g/mol. The Kier molecular flexibility index (Phi) is 4.98. The van der Waals surface area contributed by atoms with Crippen LogP contribution >= 0.6 is 11.6 Å². The molecule has 0 saturated carbocycles. The number of benzene rings is 2. The minimum Gasteiger partial charge on any atom is -0.340 e. The number of rotatable bonds is 5. The number of hydrogen-bond donors (Lipinski definition) is 2. The van der Waals surface area contributed by atoms with Gasteiger partial charge in [0.2, 0.25) is 0 Å². The number of halogens is 2. The summed E-state index contributed by atoms with van der Waals surface area (Å²) in [5.74, 6) is 0.168. The van der Waals surface area contributed by atoms with Crippen LogP contribution in [0.3, 0.4) is 0 Å². The van der Waals surface area contributed by atoms with Gasteiger partial charge in [0.05, 0.1) is 10.4 Å². The van der Waals surface area contributed by atoms with Gasteiger partial charge in [-0.3, -0.25) is 0 Å². The van der Waals surface area contributed by atoms with Crippen LogP contribution < -0.4 is 5.32 Å². The molecule has 0 aliphatic heterocycles. The summed E-state index contributed by atoms with van der Waals surface area (Å²) in [7, 11) is 4.09. The summed E-state index contributed by atoms with van der Waals surface area (Å²) in [6, 6.07) is 14.9. The molecule has 4 aromatic rings. The molecular formula is C21H19ClFN5. The fourth-order valence-electron chi connectivity index (χ4n) is 3.11. The molecule has 0 aliphatic rings. The first-order chi connectivity index (χ1) is 13.5. The third-order valence-electron chi connectivity index (χ3n) is 4.34. The maximum atomic E-state index is 13.4. The van der Waals surface area contributed by atoms with Gasteiger partial charge >= 0.3 is 0 Å². The minimum absolute atomic E-state index is 0.0581. The van der Waals surface area contributed by atoms with E-state index in [-0.39, 0.29) is 5.02 Å². The molecule has 2 aromatic heterocycles. The molecule has 0 bridgehead atoms. The van der Waals surface area contributed by atoms with Crippen molar-refractivity contribution in [2.24, 2.45) is 0 Å². The zero-order chi connectivity index (χ0) is 19.7. The Morgan fingerprint density at radius 3 is 2.75 bits per heavy atom. The van der Waals surface area contributed by atoms with Gasteiger partial charge in [-0.2, -0.15) is 0 Å². The Hall–Kier alpha value is -2.96. The van der Waals surface area contributed by atoms with E-state index in [4.69, 9.17) is 11.6 Å². The molecule has 2 N–H and O–H groups in total. The van der Waals surface area contributed by atoms with Crippen molar-refractivity contribution in [1.82, 2.24) is 19.9 Å². The average Bonchev–Trinajstić information content (AvgIpc) is 3.10. The molecule has 0 fully saturated rings. The first-order valence-corrected chi connectivity index (χ1v) is 9.17. The van der Waals surface area contributed by atoms with Crippen molar-refractivity contribution in [2.75, 3.05) is 19.4 Å². The largest absolute Gasteiger partial charge is 0.340 e. The van der Waals surface area contributed by atoms with Crippen LogP contribution in [0.25, 0.3) is 22.3 Å². The number of aromatic amines is 1. The topological polar surface area (TPSA) is 56.8 Å². The maximum Gasteiger partial charge on any atom is 0.143 e. The smallest absolute Gasteiger partial charge is 0.143 e. The van der Waals surface area contributed by atoms with E-state index >= 15 is 0 Å². The van der Waals surface area contributed by atoms with Crippen molar-refractivity contribution in [3.63, 3.8) is 0 Å². The molecule has 0 radical (unpaired) electrons. The Balaban J connectivity index is 1.70. The SMILES string of the molecule is CN(C)Cc1cccc(-c2cc3c(Nc4ccc(F)c(Cl)c4)ncnc3[nH]2)c1. The maximum absolute atomic E-state index is 13.4. The highest BCUT2D eigenvalue weighted by molar-refractivity contribution is 6.31. The Labute approximate surface area is 167 Å². The van der Waals surface area contributed by atoms with Crippen LogP contribution in [-0.4, -0.2) is 33.9 Å². The predicted octanol–water partition coefficient (Wildman–Crippen LogP) is 5.22. The van der Waals surface area contributed by atoms with E-state index in [1.165, 1.54) is 24.0 Å². The van der Waals surface area contributed by atoms with Crippen LogP contribution in [0.15, 0.2) is 54.9 Å². The second-order valence-electron chi connectivity index (χ2n) is 6.86. The normalized spacial score (nSPS) is 11.3. The van der Waals surface area contributed by atoms with Crippen molar-refractivity contribution in [3.8, 4) is 11.3 Å². The van der Waals surface area contributed by atoms with E-state index in [9.17, 15) is 4.39 Å². The second kappa shape index (κ2) is 7.58. The molecule has 2 aromatic carbocycles. The van der Waals surface area contributed by atoms with Crippen molar-refractivity contribution >= 4 is 34.1 Å². The van der Waals surface area contributed by atoms with Crippen LogP contribution in [0.1, 0.15) is 5.56 Å². The predicted molar refractivity (Wildman–Crippen MR) is 111 cm³/mol. The lowest BCUT2D eigenvalue weighted by atomic mass is 10.1. The standard InChI is InChI=1S/C21H19ClFN5/c1-28(2)11-13-4-3-5-14(8-13)19-10-16-20(24-12-25-21(16)27-19)26-15-6-7-18(23)17(22)9-15/h3-10,12H,11H2,1-2H3,(H2,24,25,26,27). The summed E-state index contributed by atoms with van der Waals surface area (Å²) in [5.41, 5.74) is 4.64. The van der Waals surface area contributed by atoms with Crippen molar-refractivity contribution in [1.29, 1.82) is 0 Å². The van der Waals surface area contributed by atoms with Crippen LogP contribution in [0.5, 0.6) is 0 Å². The molecule has 142 valence electrons. The summed E-state index contributed by atoms with van der Waals surface area (Å²) >= 11 is 5.88. The van der Waals surface area contributed by atoms with Crippen LogP contribution in [0.2, 0.25) is 5.02 Å². The number of H-pyrrole nitrogens is 1. The zero-order valence-electron chi connectivity index (χ0n) is 15.5. The summed E-state index contributed by atoms with van der Waals surface area (Å²) < 4.78 is 13.4. The third-order valence-corrected chi connectivity index (χ3v) is 4.63. The summed E-state index contributed by atoms with van der Waals surface area (Å²) in [6.45, 7) is 0.867. The molecule has 7 heteroatoms. The lowest BCUT2D eigenvalue weighted by Crippen LogP contribution is -2.10. The van der Waals surface area contributed by atoms with E-state index in [0.717, 1.165) is 28.8 Å². The van der Waals surface area contributed by atoms with E-state index in [1.807, 2.05) is 26.2 Å². The molecule has 4 rings (SSSR count). The molecule has 0 saturated heterocycles. The molecule has 0 unspecified atom stereocenters. The summed E-state index contributed by atoms with van der Waals surface area (Å²) in [4.78, 5) is 14.1. The number of nitrogens with zero attached hydrogens (tertiary/aromatic N) is 3. The van der Waals surface area contributed by atoms with Gasteiger partial charge in [0.1, 0.15) is 23.6 Å². The van der Waals surface area contributed by atoms with Gasteiger partial charge in [-0.15, -0.1) is 0 Å². The highest BCUT2D eigenvalue weighted by atomic mass is 35.5. The Morgan fingerprint density at radius 1 is 1.11 bits per heavy atom. The van der Waals surface area contributed by atoms with Gasteiger partial charge in [-0.1, -0.05) is 29.8 Å². The molecule has 0 atom stereocenters. The molecule has 0 aliphatic carbocycles. The number of fused-ring (bicyclic) bond motifs is 1. The highest BCUT2D eigenvalue weighted by Crippen LogP contribution is 2.30. The van der Waals surface area contributed by atoms with Crippen molar-refractivity contribution in [2.45, 2.75) is 6.54 Å². The van der Waals surface area contributed by atoms with Crippen molar-refractivity contribution in [3.05, 3.63) is 71.3 Å². The number of aromatic nitrogens is 3. The molecule has 0 amide bonds. The number of nitrogens with one attached hydrogen (secondary N) is 2. The third kappa shape index (κ3) is 3.83. The highest BCUT2D eigenvalue weighted by Gasteiger charge is 2.11. The lowest BCUT2D eigenvalue weighted by Gasteiger charge is -2.10. The fourth-order valence-corrected chi connectivity index (χ4v) is 3.29. The van der Waals surface area contributed by atoms with Gasteiger partial charge in [0, 0.05) is 17.9 Å². The van der Waals surface area contributed by atoms with Gasteiger partial charge in [-0.05, 0) is 55.6 Å². The van der Waals surface area contributed by atoms with Crippen LogP contribution in [0, 0.1) is 5.82 Å². The Bertz CT molecular complexity index is 1140. The quantitative estimate of drug-likeness (QED) is 0.486. The van der Waals surface area contributed by atoms with Crippen LogP contribution in [-0.2, 0) is 6.54 Å². The Morgan fingerprint density at radius 2 is 1.96 bits per heavy atom. The summed E-state index contributed by atoms with van der Waals surface area (Å²) in [6.07, 6.45) is 1.48. The van der Waals surface area contributed by atoms with E-state index in [1.54, 1.807) is 6.07 Å². The van der Waals surface area contributed by atoms with Gasteiger partial charge in [-0.25, -0.2) is 14.4 Å². The van der Waals surface area contributed by atoms with E-state index in [0.29, 0.717) is 11.5 Å². The molecular weight excluding hydrogens is 377 g/mol. The lowest BCUT2D eigenvalue weighted by molar-refractivity contribution is 0.402. The zero-order valence-corrected chi connectivity index (χ0v) is 16.3. The van der Waals surface area contributed by atoms with Gasteiger partial charge < -0.3 is 15.2 Å². The first-order valence-electron chi connectivity index (χ1n) is 8.79. The second-order valence-corrected chi connectivity index (χ2v) is 7.27. The summed E-state index contributed by atoms with van der Waals surface area (Å²) in [5, 5.41) is 4.09. The van der Waals surface area contributed by atoms with Gasteiger partial charge in [0.15, 0.2) is 0 Å². The minimum atomic E-state index is -0.457. The molecule has 5 nitrogen and oxygen atoms in total. The van der Waals surface area contributed by atoms with E-state index < -0.39 is 5.82 Å². The monoisotopic (exact) mass is 395 g/mol. The molecule has 2 heterocycles. The van der Waals surface area contributed by atoms with Crippen molar-refractivity contribution < 1.29 is 4.39 Å². The molecule has 0 spiro atoms. The first kappa shape index (κ1) is 18.4. The van der Waals surface area contributed by atoms with Crippen LogP contribution in [0.4, 0.5) is 15.9 Å². The van der Waals surface area contributed by atoms with Gasteiger partial charge in [0.25, 0.3) is 0 Å². The molecule has 28 heavy (non-hydrogen) atoms. The fraction of sp³-hybridized carbons (Fsp3) is 0.143. The number of anilines is 2. The van der Waals surface area contributed by atoms with E-state index in [2.05, 4.69) is 43.4 Å². The number of hydrogen-bond acceptors (Lipinski definition) is 4.